The van der Waals surface area contributed by atoms with Gasteiger partial charge in [-0.15, -0.1) is 23.4 Å². The van der Waals surface area contributed by atoms with Crippen LogP contribution in [-0.2, 0) is 14.3 Å². The number of carbonyl (C=O) groups excluding carboxylic acids is 2. The topological polar surface area (TPSA) is 101 Å². The van der Waals surface area contributed by atoms with Gasteiger partial charge in [-0.1, -0.05) is 24.8 Å². The third-order valence-corrected chi connectivity index (χ3v) is 11.9. The van der Waals surface area contributed by atoms with Crippen LogP contribution in [0.15, 0.2) is 41.8 Å². The number of nitrogens with zero attached hydrogens (tertiary/aromatic N) is 4. The van der Waals surface area contributed by atoms with Crippen LogP contribution in [0.2, 0.25) is 0 Å². The van der Waals surface area contributed by atoms with Gasteiger partial charge >= 0.3 is 0 Å². The number of nitrogens with one attached hydrogen (secondary N) is 2. The molecule has 4 fully saturated rings. The lowest BCUT2D eigenvalue weighted by Crippen LogP contribution is -2.75. The fraction of sp³-hybridized carbons (Fsp3) is 0.645. The molecule has 42 heavy (non-hydrogen) atoms. The molecular formula is C31H41ClN6O3S. The fourth-order valence-corrected chi connectivity index (χ4v) is 9.88. The molecule has 0 aromatic heterocycles. The highest BCUT2D eigenvalue weighted by molar-refractivity contribution is 8.01. The van der Waals surface area contributed by atoms with E-state index in [1.54, 1.807) is 16.7 Å². The molecule has 0 radical (unpaired) electrons. The Morgan fingerprint density at radius 1 is 1.26 bits per heavy atom. The number of likely N-dealkylation sites (tertiary alicyclic amines) is 1. The van der Waals surface area contributed by atoms with Gasteiger partial charge in [0.15, 0.2) is 12.1 Å². The largest absolute Gasteiger partial charge is 0.348 e. The fourth-order valence-electron chi connectivity index (χ4n) is 7.67. The average molecular weight is 613 g/mol. The van der Waals surface area contributed by atoms with Crippen molar-refractivity contribution in [2.75, 3.05) is 39.8 Å². The second-order valence-corrected chi connectivity index (χ2v) is 14.3. The van der Waals surface area contributed by atoms with E-state index in [4.69, 9.17) is 16.3 Å². The normalized spacial score (nSPS) is 37.2. The number of halogens is 1. The number of hydrogen-bond donors (Lipinski definition) is 2. The van der Waals surface area contributed by atoms with Crippen molar-refractivity contribution in [3.05, 3.63) is 42.5 Å². The number of amides is 1. The van der Waals surface area contributed by atoms with E-state index in [9.17, 15) is 14.9 Å². The van der Waals surface area contributed by atoms with Crippen molar-refractivity contribution in [3.63, 3.8) is 0 Å². The molecule has 4 aliphatic heterocycles. The number of ether oxygens (including phenoxy) is 1. The van der Waals surface area contributed by atoms with E-state index in [0.717, 1.165) is 42.7 Å². The number of ketones is 1. The maximum absolute atomic E-state index is 14.6. The Morgan fingerprint density at radius 2 is 2.10 bits per heavy atom. The molecule has 1 saturated carbocycles. The summed E-state index contributed by atoms with van der Waals surface area (Å²) in [4.78, 5) is 34.6. The van der Waals surface area contributed by atoms with Gasteiger partial charge in [-0.3, -0.25) is 25.1 Å². The highest BCUT2D eigenvalue weighted by atomic mass is 35.5. The monoisotopic (exact) mass is 612 g/mol. The van der Waals surface area contributed by atoms with Crippen molar-refractivity contribution < 1.29 is 14.3 Å². The van der Waals surface area contributed by atoms with Crippen LogP contribution in [0, 0.1) is 17.2 Å². The van der Waals surface area contributed by atoms with Gasteiger partial charge in [-0.2, -0.15) is 5.26 Å². The molecule has 3 saturated heterocycles. The lowest BCUT2D eigenvalue weighted by molar-refractivity contribution is -0.145. The number of fused-ring (bicyclic) bond motifs is 2. The molecule has 8 atom stereocenters. The molecule has 4 heterocycles. The zero-order valence-corrected chi connectivity index (χ0v) is 25.8. The number of alkyl halides is 1. The first-order valence-electron chi connectivity index (χ1n) is 15.2. The minimum absolute atomic E-state index is 0.0214. The summed E-state index contributed by atoms with van der Waals surface area (Å²) in [6.45, 7) is 7.01. The summed E-state index contributed by atoms with van der Waals surface area (Å²) in [6.07, 6.45) is 5.45. The van der Waals surface area contributed by atoms with E-state index < -0.39 is 11.1 Å². The summed E-state index contributed by atoms with van der Waals surface area (Å²) >= 11 is 8.61. The highest BCUT2D eigenvalue weighted by Gasteiger charge is 2.56. The van der Waals surface area contributed by atoms with Crippen LogP contribution in [0.25, 0.3) is 0 Å². The van der Waals surface area contributed by atoms with Crippen LogP contribution in [0.3, 0.4) is 0 Å². The van der Waals surface area contributed by atoms with E-state index in [-0.39, 0.29) is 47.7 Å². The molecule has 226 valence electrons. The summed E-state index contributed by atoms with van der Waals surface area (Å²) < 4.78 is 5.88. The van der Waals surface area contributed by atoms with E-state index in [1.807, 2.05) is 12.1 Å². The van der Waals surface area contributed by atoms with Crippen molar-refractivity contribution in [2.45, 2.75) is 84.2 Å². The molecule has 5 aliphatic rings. The molecule has 9 nitrogen and oxygen atoms in total. The van der Waals surface area contributed by atoms with E-state index in [1.165, 1.54) is 6.08 Å². The Kier molecular flexibility index (Phi) is 9.00. The average Bonchev–Trinajstić information content (AvgIpc) is 3.42. The molecule has 1 amide bonds. The second kappa shape index (κ2) is 12.6. The first kappa shape index (κ1) is 30.1. The van der Waals surface area contributed by atoms with Gasteiger partial charge in [-0.05, 0) is 63.4 Å². The molecule has 1 aromatic carbocycles. The number of carbonyl (C=O) groups is 2. The Bertz CT molecular complexity index is 1250. The van der Waals surface area contributed by atoms with Gasteiger partial charge in [-0.25, -0.2) is 0 Å². The zero-order chi connectivity index (χ0) is 29.4. The van der Waals surface area contributed by atoms with Crippen molar-refractivity contribution >= 4 is 35.1 Å². The van der Waals surface area contributed by atoms with E-state index in [0.29, 0.717) is 38.7 Å². The van der Waals surface area contributed by atoms with Gasteiger partial charge in [0.05, 0.1) is 47.5 Å². The van der Waals surface area contributed by atoms with Crippen LogP contribution < -0.4 is 10.6 Å². The summed E-state index contributed by atoms with van der Waals surface area (Å²) in [5.74, 6) is 0.0806. The predicted octanol–water partition coefficient (Wildman–Crippen LogP) is 3.07. The third-order valence-electron chi connectivity index (χ3n) is 9.99. The number of benzene rings is 1. The Morgan fingerprint density at radius 3 is 2.86 bits per heavy atom. The van der Waals surface area contributed by atoms with Gasteiger partial charge in [0.2, 0.25) is 5.91 Å². The smallest absolute Gasteiger partial charge is 0.246 e. The van der Waals surface area contributed by atoms with Gasteiger partial charge in [0, 0.05) is 36.5 Å². The number of likely N-dealkylation sites (N-methyl/N-ethyl adjacent to an activating group) is 1. The Hall–Kier alpha value is -1.97. The molecule has 0 bridgehead atoms. The van der Waals surface area contributed by atoms with Crippen LogP contribution in [-0.4, -0.2) is 102 Å². The number of Topliss-reactive ketones (excluding diaryl/α,β-unsaturated/α-hetero) is 1. The zero-order valence-electron chi connectivity index (χ0n) is 24.2. The standard InChI is InChI=1S/C31H41ClN6O3S/c1-3-26(39)38-16-15-37(18-20(38)11-13-33)29-23-10-12-31(17-24(32)22-8-4-5-9-25(22)42-31)28(40)27(23)34-30(35-29)41-19-21-7-6-14-36(21)2/h3-5,8-9,20-21,23-24,27,29-30,34-35H,1,6-7,10-12,14-19H2,2H3/t20?,21?,23?,24?,27?,29?,30?,31-/m0/s1. The summed E-state index contributed by atoms with van der Waals surface area (Å²) in [6, 6.07) is 10.2. The molecule has 11 heteroatoms. The van der Waals surface area contributed by atoms with E-state index >= 15 is 0 Å². The predicted molar refractivity (Wildman–Crippen MR) is 163 cm³/mol. The van der Waals surface area contributed by atoms with Crippen LogP contribution in [0.1, 0.15) is 49.5 Å². The maximum atomic E-state index is 14.6. The minimum Gasteiger partial charge on any atom is -0.348 e. The molecule has 1 aromatic rings. The SMILES string of the molecule is C=CC(=O)N1CCN(C2NC(OCC3CCCN3C)NC3C(=O)[C@]4(CCC32)CC(Cl)c2ccccc2S4)CC1CC#N. The van der Waals surface area contributed by atoms with Crippen LogP contribution in [0.5, 0.6) is 0 Å². The molecule has 1 spiro atoms. The number of rotatable bonds is 6. The Labute approximate surface area is 257 Å². The van der Waals surface area contributed by atoms with Crippen molar-refractivity contribution in [1.29, 1.82) is 5.26 Å². The molecule has 6 rings (SSSR count). The molecule has 7 unspecified atom stereocenters. The minimum atomic E-state index is -0.578. The summed E-state index contributed by atoms with van der Waals surface area (Å²) in [7, 11) is 2.14. The third kappa shape index (κ3) is 5.65. The first-order chi connectivity index (χ1) is 20.3. The lowest BCUT2D eigenvalue weighted by atomic mass is 9.71. The lowest BCUT2D eigenvalue weighted by Gasteiger charge is -2.55. The first-order valence-corrected chi connectivity index (χ1v) is 16.4. The van der Waals surface area contributed by atoms with Gasteiger partial charge < -0.3 is 14.5 Å². The molecule has 2 N–H and O–H groups in total. The van der Waals surface area contributed by atoms with Crippen molar-refractivity contribution in [1.82, 2.24) is 25.3 Å². The van der Waals surface area contributed by atoms with Crippen LogP contribution in [0.4, 0.5) is 0 Å². The van der Waals surface area contributed by atoms with Gasteiger partial charge in [0.1, 0.15) is 0 Å². The highest BCUT2D eigenvalue weighted by Crippen LogP contribution is 2.55. The van der Waals surface area contributed by atoms with E-state index in [2.05, 4.69) is 52.3 Å². The van der Waals surface area contributed by atoms with Crippen LogP contribution >= 0.6 is 23.4 Å². The Balaban J connectivity index is 1.25. The molecule has 1 aliphatic carbocycles. The summed E-state index contributed by atoms with van der Waals surface area (Å²) in [5, 5.41) is 16.6. The number of nitriles is 1. The van der Waals surface area contributed by atoms with Gasteiger partial charge in [0.25, 0.3) is 0 Å². The summed E-state index contributed by atoms with van der Waals surface area (Å²) in [5.41, 5.74) is 1.11. The number of piperazine rings is 1. The van der Waals surface area contributed by atoms with Crippen molar-refractivity contribution in [3.8, 4) is 6.07 Å². The quantitative estimate of drug-likeness (QED) is 0.371. The van der Waals surface area contributed by atoms with Crippen molar-refractivity contribution in [2.24, 2.45) is 5.92 Å². The molecular weight excluding hydrogens is 572 g/mol. The number of hydrogen-bond acceptors (Lipinski definition) is 9. The number of thioether (sulfide) groups is 1. The maximum Gasteiger partial charge on any atom is 0.246 e. The second-order valence-electron chi connectivity index (χ2n) is 12.4.